The second-order valence-electron chi connectivity index (χ2n) is 9.50. The van der Waals surface area contributed by atoms with Crippen LogP contribution in [0.25, 0.3) is 22.2 Å². The van der Waals surface area contributed by atoms with Gasteiger partial charge >= 0.3 is 6.18 Å². The number of benzene rings is 3. The van der Waals surface area contributed by atoms with Gasteiger partial charge < -0.3 is 9.88 Å². The minimum Gasteiger partial charge on any atom is -0.346 e. The number of alkyl halides is 3. The van der Waals surface area contributed by atoms with Gasteiger partial charge in [0.1, 0.15) is 17.8 Å². The third-order valence-corrected chi connectivity index (χ3v) is 7.26. The monoisotopic (exact) mass is 491 g/mol. The van der Waals surface area contributed by atoms with E-state index in [-0.39, 0.29) is 0 Å². The lowest BCUT2D eigenvalue weighted by atomic mass is 9.73. The van der Waals surface area contributed by atoms with Crippen LogP contribution in [0.3, 0.4) is 0 Å². The van der Waals surface area contributed by atoms with Crippen molar-refractivity contribution < 1.29 is 18.0 Å². The number of fused-ring (bicyclic) bond motifs is 4. The van der Waals surface area contributed by atoms with Crippen LogP contribution >= 0.6 is 0 Å². The summed E-state index contributed by atoms with van der Waals surface area (Å²) < 4.78 is 41.3. The number of halogens is 3. The Morgan fingerprint density at radius 2 is 1.56 bits per heavy atom. The summed E-state index contributed by atoms with van der Waals surface area (Å²) in [5, 5.41) is 2.20. The van der Waals surface area contributed by atoms with Crippen molar-refractivity contribution in [2.45, 2.75) is 51.2 Å². The fourth-order valence-corrected chi connectivity index (χ4v) is 5.63. The summed E-state index contributed by atoms with van der Waals surface area (Å²) in [6, 6.07) is 21.2. The van der Waals surface area contributed by atoms with E-state index in [0.29, 0.717) is 12.8 Å². The van der Waals surface area contributed by atoms with E-state index in [4.69, 9.17) is 4.98 Å². The molecule has 0 fully saturated rings. The van der Waals surface area contributed by atoms with Crippen LogP contribution in [-0.2, 0) is 16.8 Å². The topological polar surface area (TPSA) is 46.9 Å². The Kier molecular flexibility index (Phi) is 6.10. The second-order valence-corrected chi connectivity index (χ2v) is 9.50. The van der Waals surface area contributed by atoms with Gasteiger partial charge in [-0.25, -0.2) is 4.98 Å². The van der Waals surface area contributed by atoms with E-state index in [1.54, 1.807) is 0 Å². The highest BCUT2D eigenvalue weighted by Crippen LogP contribution is 2.51. The molecule has 1 N–H and O–H groups in total. The van der Waals surface area contributed by atoms with Gasteiger partial charge in [0.2, 0.25) is 5.91 Å². The zero-order valence-electron chi connectivity index (χ0n) is 20.3. The van der Waals surface area contributed by atoms with E-state index in [0.717, 1.165) is 57.6 Å². The molecule has 0 atom stereocenters. The molecule has 1 heterocycles. The molecule has 3 aromatic carbocycles. The van der Waals surface area contributed by atoms with Gasteiger partial charge in [-0.1, -0.05) is 60.7 Å². The fraction of sp³-hybridized carbons (Fsp3) is 0.310. The highest BCUT2D eigenvalue weighted by molar-refractivity contribution is 6.00. The van der Waals surface area contributed by atoms with Crippen molar-refractivity contribution in [3.05, 3.63) is 89.2 Å². The lowest BCUT2D eigenvalue weighted by molar-refractivity contribution is -0.141. The summed E-state index contributed by atoms with van der Waals surface area (Å²) in [5.41, 5.74) is 5.36. The summed E-state index contributed by atoms with van der Waals surface area (Å²) in [6.45, 7) is 3.39. The number of nitrogens with zero attached hydrogens (tertiary/aromatic N) is 2. The minimum atomic E-state index is -4.48. The predicted octanol–water partition coefficient (Wildman–Crippen LogP) is 6.47. The highest BCUT2D eigenvalue weighted by atomic mass is 19.4. The van der Waals surface area contributed by atoms with E-state index in [1.807, 2.05) is 74.5 Å². The lowest BCUT2D eigenvalue weighted by Gasteiger charge is -2.31. The second kappa shape index (κ2) is 9.12. The third kappa shape index (κ3) is 4.06. The summed E-state index contributed by atoms with van der Waals surface area (Å²) in [6.07, 6.45) is -2.64. The van der Waals surface area contributed by atoms with Crippen molar-refractivity contribution in [1.82, 2.24) is 14.9 Å². The van der Waals surface area contributed by atoms with E-state index in [2.05, 4.69) is 16.0 Å². The average molecular weight is 492 g/mol. The number of nitrogens with one attached hydrogen (secondary N) is 1. The first-order valence-electron chi connectivity index (χ1n) is 12.2. The van der Waals surface area contributed by atoms with Gasteiger partial charge in [0.05, 0.1) is 11.0 Å². The van der Waals surface area contributed by atoms with Gasteiger partial charge in [0, 0.05) is 6.54 Å². The Labute approximate surface area is 208 Å². The van der Waals surface area contributed by atoms with Crippen LogP contribution in [0.15, 0.2) is 66.7 Å². The highest BCUT2D eigenvalue weighted by Gasteiger charge is 2.49. The number of carbonyl (C=O) groups excluding carboxylic acids is 1. The first-order chi connectivity index (χ1) is 17.2. The SMILES string of the molecule is Cc1cccc2c1nc(C)n2CCCCC1(C(=O)NCC(F)(F)F)c2ccccc2-c2ccccc21. The molecule has 186 valence electrons. The van der Waals surface area contributed by atoms with Gasteiger partial charge in [-0.15, -0.1) is 0 Å². The number of aromatic nitrogens is 2. The molecule has 1 aliphatic carbocycles. The van der Waals surface area contributed by atoms with E-state index in [9.17, 15) is 18.0 Å². The van der Waals surface area contributed by atoms with Crippen LogP contribution in [0.1, 0.15) is 41.8 Å². The zero-order chi connectivity index (χ0) is 25.5. The Hall–Kier alpha value is -3.61. The van der Waals surface area contributed by atoms with Crippen molar-refractivity contribution in [3.63, 3.8) is 0 Å². The van der Waals surface area contributed by atoms with Crippen LogP contribution in [0.2, 0.25) is 0 Å². The number of carbonyl (C=O) groups is 1. The van der Waals surface area contributed by atoms with E-state index in [1.165, 1.54) is 0 Å². The Morgan fingerprint density at radius 1 is 0.917 bits per heavy atom. The molecule has 36 heavy (non-hydrogen) atoms. The van der Waals surface area contributed by atoms with Gasteiger partial charge in [-0.3, -0.25) is 4.79 Å². The number of hydrogen-bond donors (Lipinski definition) is 1. The van der Waals surface area contributed by atoms with Crippen LogP contribution in [0.4, 0.5) is 13.2 Å². The molecule has 0 saturated heterocycles. The molecule has 1 amide bonds. The maximum Gasteiger partial charge on any atom is 0.405 e. The lowest BCUT2D eigenvalue weighted by Crippen LogP contribution is -2.47. The largest absolute Gasteiger partial charge is 0.405 e. The van der Waals surface area contributed by atoms with Gasteiger partial charge in [0.15, 0.2) is 0 Å². The summed E-state index contributed by atoms with van der Waals surface area (Å²) >= 11 is 0. The van der Waals surface area contributed by atoms with Gasteiger partial charge in [0.25, 0.3) is 0 Å². The number of hydrogen-bond acceptors (Lipinski definition) is 2. The Balaban J connectivity index is 1.45. The zero-order valence-corrected chi connectivity index (χ0v) is 20.3. The number of amides is 1. The third-order valence-electron chi connectivity index (χ3n) is 7.26. The molecule has 0 bridgehead atoms. The van der Waals surface area contributed by atoms with Crippen molar-refractivity contribution in [2.75, 3.05) is 6.54 Å². The van der Waals surface area contributed by atoms with Crippen LogP contribution in [0.5, 0.6) is 0 Å². The normalized spacial score (nSPS) is 14.0. The molecule has 0 saturated carbocycles. The number of imidazole rings is 1. The first-order valence-corrected chi connectivity index (χ1v) is 12.2. The molecule has 0 unspecified atom stereocenters. The molecule has 0 radical (unpaired) electrons. The van der Waals surface area contributed by atoms with Crippen LogP contribution in [0, 0.1) is 13.8 Å². The molecular formula is C29H28F3N3O. The summed E-state index contributed by atoms with van der Waals surface area (Å²) in [7, 11) is 0. The Bertz CT molecular complexity index is 1390. The molecular weight excluding hydrogens is 463 g/mol. The van der Waals surface area contributed by atoms with Gasteiger partial charge in [-0.2, -0.15) is 13.2 Å². The smallest absolute Gasteiger partial charge is 0.346 e. The molecule has 4 aromatic rings. The van der Waals surface area contributed by atoms with E-state index < -0.39 is 24.0 Å². The van der Waals surface area contributed by atoms with Crippen molar-refractivity contribution >= 4 is 16.9 Å². The fourth-order valence-electron chi connectivity index (χ4n) is 5.63. The van der Waals surface area contributed by atoms with Crippen molar-refractivity contribution in [1.29, 1.82) is 0 Å². The molecule has 0 spiro atoms. The number of aryl methyl sites for hydroxylation is 3. The van der Waals surface area contributed by atoms with Crippen LogP contribution in [-0.4, -0.2) is 28.2 Å². The molecule has 0 aliphatic heterocycles. The number of unbranched alkanes of at least 4 members (excludes halogenated alkanes) is 1. The molecule has 4 nitrogen and oxygen atoms in total. The number of para-hydroxylation sites is 1. The number of rotatable bonds is 7. The molecule has 5 rings (SSSR count). The standard InChI is InChI=1S/C29H28F3N3O/c1-19-10-9-15-25-26(19)34-20(2)35(25)17-8-7-16-28(27(36)33-18-29(30,31)32)23-13-5-3-11-21(23)22-12-4-6-14-24(22)28/h3-6,9-15H,7-8,16-18H2,1-2H3,(H,33,36). The maximum absolute atomic E-state index is 13.6. The van der Waals surface area contributed by atoms with Crippen LogP contribution < -0.4 is 5.32 Å². The molecule has 1 aliphatic rings. The minimum absolute atomic E-state index is 0.412. The summed E-state index contributed by atoms with van der Waals surface area (Å²) in [4.78, 5) is 18.3. The van der Waals surface area contributed by atoms with Crippen molar-refractivity contribution in [3.8, 4) is 11.1 Å². The summed E-state index contributed by atoms with van der Waals surface area (Å²) in [5.74, 6) is 0.325. The van der Waals surface area contributed by atoms with Gasteiger partial charge in [-0.05, 0) is 67.0 Å². The average Bonchev–Trinajstić information content (AvgIpc) is 3.33. The Morgan fingerprint density at radius 3 is 2.19 bits per heavy atom. The van der Waals surface area contributed by atoms with E-state index >= 15 is 0 Å². The molecule has 7 heteroatoms. The predicted molar refractivity (Wildman–Crippen MR) is 135 cm³/mol. The maximum atomic E-state index is 13.6. The first kappa shape index (κ1) is 24.1. The molecule has 1 aromatic heterocycles. The quantitative estimate of drug-likeness (QED) is 0.301. The van der Waals surface area contributed by atoms with Crippen molar-refractivity contribution in [2.24, 2.45) is 0 Å².